The maximum absolute atomic E-state index is 12.3. The van der Waals surface area contributed by atoms with Gasteiger partial charge in [-0.05, 0) is 36.4 Å². The maximum Gasteiger partial charge on any atom is 0.229 e. The van der Waals surface area contributed by atoms with E-state index in [0.717, 1.165) is 10.7 Å². The molecule has 0 spiro atoms. The first-order valence-corrected chi connectivity index (χ1v) is 8.42. The molecule has 1 N–H and O–H groups in total. The van der Waals surface area contributed by atoms with Crippen molar-refractivity contribution in [2.45, 2.75) is 0 Å². The Bertz CT molecular complexity index is 739. The van der Waals surface area contributed by atoms with Crippen LogP contribution >= 0.6 is 15.9 Å². The van der Waals surface area contributed by atoms with Crippen molar-refractivity contribution < 1.29 is 13.2 Å². The van der Waals surface area contributed by atoms with Crippen molar-refractivity contribution >= 4 is 37.4 Å². The highest BCUT2D eigenvalue weighted by Crippen LogP contribution is 2.17. The predicted octanol–water partition coefficient (Wildman–Crippen LogP) is 3.05. The normalized spacial score (nSPS) is 11.1. The van der Waals surface area contributed by atoms with Crippen molar-refractivity contribution in [3.8, 4) is 0 Å². The minimum atomic E-state index is -3.36. The van der Waals surface area contributed by atoms with Gasteiger partial charge in [-0.15, -0.1) is 0 Å². The molecule has 0 heterocycles. The van der Waals surface area contributed by atoms with Crippen LogP contribution in [0.4, 0.5) is 5.69 Å². The van der Waals surface area contributed by atoms with Crippen LogP contribution in [0.5, 0.6) is 0 Å². The summed E-state index contributed by atoms with van der Waals surface area (Å²) in [6.45, 7) is 0. The molecule has 0 atom stereocenters. The molecule has 6 heteroatoms. The van der Waals surface area contributed by atoms with Crippen LogP contribution in [0.3, 0.4) is 0 Å². The zero-order valence-electron chi connectivity index (χ0n) is 10.6. The summed E-state index contributed by atoms with van der Waals surface area (Å²) in [4.78, 5) is 12.3. The molecule has 0 amide bonds. The average Bonchev–Trinajstić information content (AvgIpc) is 2.37. The Morgan fingerprint density at radius 3 is 2.30 bits per heavy atom. The van der Waals surface area contributed by atoms with E-state index in [1.807, 2.05) is 0 Å². The van der Waals surface area contributed by atoms with E-state index in [9.17, 15) is 13.2 Å². The molecule has 0 radical (unpaired) electrons. The maximum atomic E-state index is 12.3. The molecule has 0 fully saturated rings. The molecule has 0 aliphatic rings. The Kier molecular flexibility index (Phi) is 4.25. The Morgan fingerprint density at radius 2 is 1.70 bits per heavy atom. The third-order valence-corrected chi connectivity index (χ3v) is 3.67. The van der Waals surface area contributed by atoms with Gasteiger partial charge in [-0.1, -0.05) is 28.1 Å². The average molecular weight is 354 g/mol. The van der Waals surface area contributed by atoms with Crippen LogP contribution in [0, 0.1) is 0 Å². The monoisotopic (exact) mass is 353 g/mol. The molecule has 20 heavy (non-hydrogen) atoms. The lowest BCUT2D eigenvalue weighted by Gasteiger charge is -2.06. The summed E-state index contributed by atoms with van der Waals surface area (Å²) in [6, 6.07) is 13.4. The molecule has 4 nitrogen and oxygen atoms in total. The van der Waals surface area contributed by atoms with E-state index in [4.69, 9.17) is 0 Å². The third kappa shape index (κ3) is 3.91. The van der Waals surface area contributed by atoms with Gasteiger partial charge >= 0.3 is 0 Å². The van der Waals surface area contributed by atoms with E-state index < -0.39 is 10.0 Å². The van der Waals surface area contributed by atoms with Crippen LogP contribution in [0.2, 0.25) is 0 Å². The largest absolute Gasteiger partial charge is 0.289 e. The van der Waals surface area contributed by atoms with E-state index in [0.29, 0.717) is 16.8 Å². The number of anilines is 1. The molecule has 2 rings (SSSR count). The van der Waals surface area contributed by atoms with Gasteiger partial charge in [-0.2, -0.15) is 0 Å². The van der Waals surface area contributed by atoms with Gasteiger partial charge < -0.3 is 0 Å². The lowest BCUT2D eigenvalue weighted by atomic mass is 10.0. The van der Waals surface area contributed by atoms with Crippen LogP contribution < -0.4 is 4.72 Å². The summed E-state index contributed by atoms with van der Waals surface area (Å²) in [6.07, 6.45) is 1.07. The minimum absolute atomic E-state index is 0.158. The summed E-state index contributed by atoms with van der Waals surface area (Å²) >= 11 is 3.31. The topological polar surface area (TPSA) is 63.2 Å². The number of rotatable bonds is 4. The van der Waals surface area contributed by atoms with Crippen molar-refractivity contribution in [2.75, 3.05) is 11.0 Å². The number of hydrogen-bond acceptors (Lipinski definition) is 3. The predicted molar refractivity (Wildman–Crippen MR) is 82.5 cm³/mol. The number of benzene rings is 2. The molecule has 0 aromatic heterocycles. The Hall–Kier alpha value is -1.66. The number of hydrogen-bond donors (Lipinski definition) is 1. The van der Waals surface area contributed by atoms with Gasteiger partial charge in [-0.3, -0.25) is 9.52 Å². The fourth-order valence-electron chi connectivity index (χ4n) is 1.71. The van der Waals surface area contributed by atoms with E-state index in [1.54, 1.807) is 42.5 Å². The standard InChI is InChI=1S/C14H12BrNO3S/c1-20(18,19)16-13-4-2-3-11(9-13)14(17)10-5-7-12(15)8-6-10/h2-9,16H,1H3. The lowest BCUT2D eigenvalue weighted by molar-refractivity contribution is 0.103. The van der Waals surface area contributed by atoms with Crippen molar-refractivity contribution in [3.05, 3.63) is 64.1 Å². The minimum Gasteiger partial charge on any atom is -0.289 e. The molecule has 0 saturated heterocycles. The van der Waals surface area contributed by atoms with Crippen LogP contribution in [-0.2, 0) is 10.0 Å². The number of sulfonamides is 1. The number of halogens is 1. The molecular formula is C14H12BrNO3S. The molecule has 0 unspecified atom stereocenters. The van der Waals surface area contributed by atoms with Crippen LogP contribution in [-0.4, -0.2) is 20.5 Å². The third-order valence-electron chi connectivity index (χ3n) is 2.53. The summed E-state index contributed by atoms with van der Waals surface area (Å²) in [5, 5.41) is 0. The first-order chi connectivity index (χ1) is 9.35. The van der Waals surface area contributed by atoms with E-state index in [-0.39, 0.29) is 5.78 Å². The Labute approximate surface area is 126 Å². The number of carbonyl (C=O) groups excluding carboxylic acids is 1. The molecule has 0 aliphatic heterocycles. The van der Waals surface area contributed by atoms with Crippen molar-refractivity contribution in [3.63, 3.8) is 0 Å². The van der Waals surface area contributed by atoms with Gasteiger partial charge in [0.1, 0.15) is 0 Å². The van der Waals surface area contributed by atoms with Gasteiger partial charge in [0.25, 0.3) is 0 Å². The highest BCUT2D eigenvalue weighted by atomic mass is 79.9. The second-order valence-electron chi connectivity index (χ2n) is 4.29. The SMILES string of the molecule is CS(=O)(=O)Nc1cccc(C(=O)c2ccc(Br)cc2)c1. The zero-order chi connectivity index (χ0) is 14.8. The second kappa shape index (κ2) is 5.76. The van der Waals surface area contributed by atoms with Gasteiger partial charge in [0.05, 0.1) is 6.26 Å². The highest BCUT2D eigenvalue weighted by Gasteiger charge is 2.10. The molecule has 0 bridgehead atoms. The molecule has 2 aromatic carbocycles. The van der Waals surface area contributed by atoms with Crippen molar-refractivity contribution in [1.82, 2.24) is 0 Å². The van der Waals surface area contributed by atoms with E-state index >= 15 is 0 Å². The number of carbonyl (C=O) groups is 1. The summed E-state index contributed by atoms with van der Waals surface area (Å²) in [5.41, 5.74) is 1.35. The van der Waals surface area contributed by atoms with Gasteiger partial charge in [0.15, 0.2) is 5.78 Å². The Balaban J connectivity index is 2.31. The first kappa shape index (κ1) is 14.7. The fraction of sp³-hybridized carbons (Fsp3) is 0.0714. The van der Waals surface area contributed by atoms with Gasteiger partial charge in [-0.25, -0.2) is 8.42 Å². The number of nitrogens with one attached hydrogen (secondary N) is 1. The molecule has 2 aromatic rings. The zero-order valence-corrected chi connectivity index (χ0v) is 13.0. The van der Waals surface area contributed by atoms with Gasteiger partial charge in [0.2, 0.25) is 10.0 Å². The van der Waals surface area contributed by atoms with Crippen molar-refractivity contribution in [2.24, 2.45) is 0 Å². The van der Waals surface area contributed by atoms with E-state index in [1.165, 1.54) is 6.07 Å². The summed E-state index contributed by atoms with van der Waals surface area (Å²) in [5.74, 6) is -0.158. The fourth-order valence-corrected chi connectivity index (χ4v) is 2.53. The van der Waals surface area contributed by atoms with Crippen LogP contribution in [0.1, 0.15) is 15.9 Å². The van der Waals surface area contributed by atoms with Gasteiger partial charge in [0, 0.05) is 21.3 Å². The molecule has 104 valence electrons. The molecule has 0 aliphatic carbocycles. The van der Waals surface area contributed by atoms with Crippen molar-refractivity contribution in [1.29, 1.82) is 0 Å². The summed E-state index contributed by atoms with van der Waals surface area (Å²) < 4.78 is 25.6. The second-order valence-corrected chi connectivity index (χ2v) is 6.96. The molecular weight excluding hydrogens is 342 g/mol. The van der Waals surface area contributed by atoms with Crippen LogP contribution in [0.25, 0.3) is 0 Å². The highest BCUT2D eigenvalue weighted by molar-refractivity contribution is 9.10. The number of ketones is 1. The van der Waals surface area contributed by atoms with E-state index in [2.05, 4.69) is 20.7 Å². The quantitative estimate of drug-likeness (QED) is 0.859. The lowest BCUT2D eigenvalue weighted by Crippen LogP contribution is -2.10. The van der Waals surface area contributed by atoms with Crippen LogP contribution in [0.15, 0.2) is 53.0 Å². The Morgan fingerprint density at radius 1 is 1.05 bits per heavy atom. The molecule has 0 saturated carbocycles. The smallest absolute Gasteiger partial charge is 0.229 e. The summed E-state index contributed by atoms with van der Waals surface area (Å²) in [7, 11) is -3.36. The first-order valence-electron chi connectivity index (χ1n) is 5.73.